The van der Waals surface area contributed by atoms with Crippen molar-refractivity contribution in [2.24, 2.45) is 5.92 Å². The Morgan fingerprint density at radius 3 is 2.39 bits per heavy atom. The molecular weight excluding hydrogens is 312 g/mol. The molecule has 0 saturated carbocycles. The zero-order valence-corrected chi connectivity index (χ0v) is 14.9. The molecule has 1 heterocycles. The summed E-state index contributed by atoms with van der Waals surface area (Å²) in [5.41, 5.74) is 0. The van der Waals surface area contributed by atoms with Gasteiger partial charge in [0.05, 0.1) is 11.5 Å². The van der Waals surface area contributed by atoms with Gasteiger partial charge < -0.3 is 10.1 Å². The van der Waals surface area contributed by atoms with Gasteiger partial charge in [-0.2, -0.15) is 4.31 Å². The molecule has 130 valence electrons. The molecule has 1 fully saturated rings. The Morgan fingerprint density at radius 2 is 1.83 bits per heavy atom. The summed E-state index contributed by atoms with van der Waals surface area (Å²) in [7, 11) is -3.39. The van der Waals surface area contributed by atoms with Gasteiger partial charge in [-0.15, -0.1) is 0 Å². The summed E-state index contributed by atoms with van der Waals surface area (Å²) in [5.74, 6) is 1.29. The Balaban J connectivity index is 1.96. The van der Waals surface area contributed by atoms with Gasteiger partial charge in [0.2, 0.25) is 10.0 Å². The van der Waals surface area contributed by atoms with Crippen LogP contribution in [0.4, 0.5) is 0 Å². The van der Waals surface area contributed by atoms with Crippen molar-refractivity contribution in [3.63, 3.8) is 0 Å². The van der Waals surface area contributed by atoms with Crippen LogP contribution in [0.1, 0.15) is 33.1 Å². The lowest BCUT2D eigenvalue weighted by Crippen LogP contribution is -2.40. The van der Waals surface area contributed by atoms with Gasteiger partial charge in [-0.05, 0) is 62.5 Å². The maximum atomic E-state index is 12.7. The summed E-state index contributed by atoms with van der Waals surface area (Å²) in [4.78, 5) is 0.353. The number of nitrogens with one attached hydrogen (secondary N) is 1. The van der Waals surface area contributed by atoms with Crippen molar-refractivity contribution < 1.29 is 13.2 Å². The summed E-state index contributed by atoms with van der Waals surface area (Å²) in [6, 6.07) is 6.76. The smallest absolute Gasteiger partial charge is 0.243 e. The molecule has 1 aliphatic rings. The Morgan fingerprint density at radius 1 is 1.17 bits per heavy atom. The van der Waals surface area contributed by atoms with E-state index < -0.39 is 10.0 Å². The zero-order valence-electron chi connectivity index (χ0n) is 14.1. The fourth-order valence-corrected chi connectivity index (χ4v) is 4.25. The molecule has 0 unspecified atom stereocenters. The van der Waals surface area contributed by atoms with E-state index in [-0.39, 0.29) is 0 Å². The highest BCUT2D eigenvalue weighted by atomic mass is 32.2. The first-order valence-corrected chi connectivity index (χ1v) is 9.95. The molecule has 0 amide bonds. The van der Waals surface area contributed by atoms with E-state index in [1.54, 1.807) is 28.6 Å². The van der Waals surface area contributed by atoms with Gasteiger partial charge in [0.1, 0.15) is 5.75 Å². The minimum absolute atomic E-state index is 0.353. The number of hydrogen-bond acceptors (Lipinski definition) is 4. The number of sulfonamides is 1. The number of ether oxygens (including phenoxy) is 1. The van der Waals surface area contributed by atoms with Gasteiger partial charge in [-0.3, -0.25) is 0 Å². The molecule has 0 aliphatic carbocycles. The van der Waals surface area contributed by atoms with E-state index >= 15 is 0 Å². The molecule has 1 aromatic carbocycles. The number of piperidine rings is 1. The van der Waals surface area contributed by atoms with Gasteiger partial charge in [0, 0.05) is 13.1 Å². The van der Waals surface area contributed by atoms with Crippen LogP contribution in [0.5, 0.6) is 5.75 Å². The standard InChI is InChI=1S/C17H28N2O3S/c1-3-13-22-16-5-7-17(8-6-16)23(20,21)19-11-9-15(10-12-19)14-18-4-2/h5-8,15,18H,3-4,9-14H2,1-2H3. The van der Waals surface area contributed by atoms with E-state index in [4.69, 9.17) is 4.74 Å². The van der Waals surface area contributed by atoms with Crippen LogP contribution in [-0.2, 0) is 10.0 Å². The van der Waals surface area contributed by atoms with Crippen molar-refractivity contribution in [1.82, 2.24) is 9.62 Å². The van der Waals surface area contributed by atoms with Crippen molar-refractivity contribution in [1.29, 1.82) is 0 Å². The van der Waals surface area contributed by atoms with Crippen LogP contribution < -0.4 is 10.1 Å². The van der Waals surface area contributed by atoms with E-state index in [1.807, 2.05) is 6.92 Å². The Bertz CT molecular complexity index is 564. The average molecular weight is 340 g/mol. The van der Waals surface area contributed by atoms with Crippen LogP contribution in [-0.4, -0.2) is 45.5 Å². The van der Waals surface area contributed by atoms with Crippen LogP contribution in [0.2, 0.25) is 0 Å². The first-order chi connectivity index (χ1) is 11.1. The molecule has 5 nitrogen and oxygen atoms in total. The molecular formula is C17H28N2O3S. The second kappa shape index (κ2) is 8.66. The van der Waals surface area contributed by atoms with Crippen molar-refractivity contribution in [3.05, 3.63) is 24.3 Å². The highest BCUT2D eigenvalue weighted by molar-refractivity contribution is 7.89. The Labute approximate surface area is 140 Å². The maximum Gasteiger partial charge on any atom is 0.243 e. The van der Waals surface area contributed by atoms with Gasteiger partial charge in [-0.1, -0.05) is 13.8 Å². The molecule has 0 atom stereocenters. The predicted octanol–water partition coefficient (Wildman–Crippen LogP) is 2.49. The van der Waals surface area contributed by atoms with Gasteiger partial charge in [0.15, 0.2) is 0 Å². The molecule has 6 heteroatoms. The van der Waals surface area contributed by atoms with Crippen molar-refractivity contribution in [3.8, 4) is 5.75 Å². The van der Waals surface area contributed by atoms with E-state index in [0.717, 1.165) is 38.1 Å². The fraction of sp³-hybridized carbons (Fsp3) is 0.647. The van der Waals surface area contributed by atoms with Crippen LogP contribution in [0, 0.1) is 5.92 Å². The number of hydrogen-bond donors (Lipinski definition) is 1. The highest BCUT2D eigenvalue weighted by Crippen LogP contribution is 2.24. The Kier molecular flexibility index (Phi) is 6.87. The topological polar surface area (TPSA) is 58.6 Å². The monoisotopic (exact) mass is 340 g/mol. The third-order valence-electron chi connectivity index (χ3n) is 4.19. The lowest BCUT2D eigenvalue weighted by atomic mass is 9.98. The number of nitrogens with zero attached hydrogens (tertiary/aromatic N) is 1. The summed E-state index contributed by atoms with van der Waals surface area (Å²) >= 11 is 0. The summed E-state index contributed by atoms with van der Waals surface area (Å²) < 4.78 is 32.5. The van der Waals surface area contributed by atoms with E-state index in [1.165, 1.54) is 0 Å². The Hall–Kier alpha value is -1.11. The second-order valence-corrected chi connectivity index (χ2v) is 7.91. The molecule has 0 spiro atoms. The number of benzene rings is 1. The average Bonchev–Trinajstić information content (AvgIpc) is 2.59. The SMILES string of the molecule is CCCOc1ccc(S(=O)(=O)N2CCC(CNCC)CC2)cc1. The molecule has 1 N–H and O–H groups in total. The third-order valence-corrected chi connectivity index (χ3v) is 6.10. The lowest BCUT2D eigenvalue weighted by Gasteiger charge is -2.31. The molecule has 0 aromatic heterocycles. The number of rotatable bonds is 8. The summed E-state index contributed by atoms with van der Waals surface area (Å²) in [5, 5.41) is 3.34. The minimum Gasteiger partial charge on any atom is -0.494 e. The normalized spacial score (nSPS) is 17.3. The van der Waals surface area contributed by atoms with Gasteiger partial charge >= 0.3 is 0 Å². The minimum atomic E-state index is -3.39. The molecule has 1 aromatic rings. The fourth-order valence-electron chi connectivity index (χ4n) is 2.78. The second-order valence-electron chi connectivity index (χ2n) is 5.98. The molecule has 0 radical (unpaired) electrons. The van der Waals surface area contributed by atoms with Crippen LogP contribution >= 0.6 is 0 Å². The quantitative estimate of drug-likeness (QED) is 0.790. The molecule has 0 bridgehead atoms. The van der Waals surface area contributed by atoms with E-state index in [0.29, 0.717) is 30.5 Å². The van der Waals surface area contributed by atoms with Crippen LogP contribution in [0.3, 0.4) is 0 Å². The molecule has 2 rings (SSSR count). The molecule has 1 saturated heterocycles. The summed E-state index contributed by atoms with van der Waals surface area (Å²) in [6.45, 7) is 7.93. The zero-order chi connectivity index (χ0) is 16.7. The highest BCUT2D eigenvalue weighted by Gasteiger charge is 2.29. The van der Waals surface area contributed by atoms with Crippen molar-refractivity contribution >= 4 is 10.0 Å². The van der Waals surface area contributed by atoms with Gasteiger partial charge in [-0.25, -0.2) is 8.42 Å². The predicted molar refractivity (Wildman–Crippen MR) is 92.3 cm³/mol. The lowest BCUT2D eigenvalue weighted by molar-refractivity contribution is 0.268. The van der Waals surface area contributed by atoms with E-state index in [2.05, 4.69) is 12.2 Å². The van der Waals surface area contributed by atoms with E-state index in [9.17, 15) is 8.42 Å². The summed E-state index contributed by atoms with van der Waals surface area (Å²) in [6.07, 6.45) is 2.77. The molecule has 23 heavy (non-hydrogen) atoms. The van der Waals surface area contributed by atoms with Crippen LogP contribution in [0.25, 0.3) is 0 Å². The van der Waals surface area contributed by atoms with Crippen LogP contribution in [0.15, 0.2) is 29.2 Å². The first-order valence-electron chi connectivity index (χ1n) is 8.51. The largest absolute Gasteiger partial charge is 0.494 e. The first kappa shape index (κ1) is 18.2. The van der Waals surface area contributed by atoms with Crippen molar-refractivity contribution in [2.45, 2.75) is 38.0 Å². The van der Waals surface area contributed by atoms with Gasteiger partial charge in [0.25, 0.3) is 0 Å². The molecule has 1 aliphatic heterocycles. The third kappa shape index (κ3) is 4.93. The van der Waals surface area contributed by atoms with Crippen molar-refractivity contribution in [2.75, 3.05) is 32.8 Å². The maximum absolute atomic E-state index is 12.7.